The van der Waals surface area contributed by atoms with Crippen molar-refractivity contribution in [3.63, 3.8) is 0 Å². The number of amides is 2. The molecule has 0 spiro atoms. The number of furan rings is 1. The van der Waals surface area contributed by atoms with E-state index in [-0.39, 0.29) is 24.9 Å². The lowest BCUT2D eigenvalue weighted by atomic mass is 10.2. The topological polar surface area (TPSA) is 79.6 Å². The van der Waals surface area contributed by atoms with Gasteiger partial charge >= 0.3 is 6.03 Å². The molecule has 1 aliphatic rings. The molecule has 8 heteroatoms. The Morgan fingerprint density at radius 1 is 1.26 bits per heavy atom. The van der Waals surface area contributed by atoms with Gasteiger partial charge in [-0.3, -0.25) is 0 Å². The molecule has 1 fully saturated rings. The minimum atomic E-state index is -3.32. The first-order valence-corrected chi connectivity index (χ1v) is 9.09. The highest BCUT2D eigenvalue weighted by molar-refractivity contribution is 7.91. The minimum absolute atomic E-state index is 0.142. The van der Waals surface area contributed by atoms with Crippen LogP contribution in [0.5, 0.6) is 0 Å². The number of nitrogens with zero attached hydrogens (tertiary/aromatic N) is 1. The van der Waals surface area contributed by atoms with Crippen LogP contribution in [0, 0.1) is 0 Å². The van der Waals surface area contributed by atoms with Crippen LogP contribution in [0.1, 0.15) is 5.76 Å². The molecule has 1 aromatic heterocycles. The first-order chi connectivity index (χ1) is 10.9. The van der Waals surface area contributed by atoms with Crippen LogP contribution in [0.4, 0.5) is 10.5 Å². The van der Waals surface area contributed by atoms with E-state index in [1.807, 2.05) is 0 Å². The van der Waals surface area contributed by atoms with Crippen LogP contribution >= 0.6 is 11.6 Å². The Hall–Kier alpha value is -1.99. The van der Waals surface area contributed by atoms with Crippen LogP contribution in [0.2, 0.25) is 5.02 Å². The zero-order chi connectivity index (χ0) is 16.4. The lowest BCUT2D eigenvalue weighted by Gasteiger charge is -2.38. The molecule has 0 unspecified atom stereocenters. The van der Waals surface area contributed by atoms with E-state index in [1.165, 1.54) is 11.2 Å². The molecular weight excluding hydrogens is 340 g/mol. The standard InChI is InChI=1S/C15H15ClN2O4S/c16-11-3-5-12(6-4-11)17-15(19)18-8-14(9-18)23(20,21)10-13-2-1-7-22-13/h1-7,14H,8-10H2,(H,17,19). The van der Waals surface area contributed by atoms with Crippen LogP contribution < -0.4 is 5.32 Å². The average molecular weight is 355 g/mol. The number of sulfone groups is 1. The molecular formula is C15H15ClN2O4S. The van der Waals surface area contributed by atoms with Crippen LogP contribution in [-0.2, 0) is 15.6 Å². The molecule has 2 aromatic rings. The fraction of sp³-hybridized carbons (Fsp3) is 0.267. The molecule has 1 saturated heterocycles. The first-order valence-electron chi connectivity index (χ1n) is 6.99. The van der Waals surface area contributed by atoms with Crippen molar-refractivity contribution in [1.29, 1.82) is 0 Å². The summed E-state index contributed by atoms with van der Waals surface area (Å²) < 4.78 is 29.5. The van der Waals surface area contributed by atoms with E-state index in [1.54, 1.807) is 36.4 Å². The van der Waals surface area contributed by atoms with E-state index < -0.39 is 15.1 Å². The number of urea groups is 1. The Labute approximate surface area is 139 Å². The second-order valence-corrected chi connectivity index (χ2v) is 8.07. The second-order valence-electron chi connectivity index (χ2n) is 5.35. The van der Waals surface area contributed by atoms with Gasteiger partial charge in [0.25, 0.3) is 0 Å². The number of anilines is 1. The Morgan fingerprint density at radius 2 is 1.96 bits per heavy atom. The third-order valence-corrected chi connectivity index (χ3v) is 5.91. The summed E-state index contributed by atoms with van der Waals surface area (Å²) in [7, 11) is -3.32. The van der Waals surface area contributed by atoms with Crippen LogP contribution in [0.25, 0.3) is 0 Å². The number of benzene rings is 1. The van der Waals surface area contributed by atoms with Crippen molar-refractivity contribution in [1.82, 2.24) is 4.90 Å². The van der Waals surface area contributed by atoms with Gasteiger partial charge in [-0.15, -0.1) is 0 Å². The van der Waals surface area contributed by atoms with E-state index >= 15 is 0 Å². The van der Waals surface area contributed by atoms with Crippen molar-refractivity contribution in [2.75, 3.05) is 18.4 Å². The minimum Gasteiger partial charge on any atom is -0.468 e. The van der Waals surface area contributed by atoms with Crippen LogP contribution in [0.15, 0.2) is 47.1 Å². The zero-order valence-electron chi connectivity index (χ0n) is 12.1. The molecule has 1 aromatic carbocycles. The van der Waals surface area contributed by atoms with Gasteiger partial charge in [-0.1, -0.05) is 11.6 Å². The molecule has 6 nitrogen and oxygen atoms in total. The molecule has 0 saturated carbocycles. The molecule has 2 heterocycles. The number of hydrogen-bond donors (Lipinski definition) is 1. The summed E-state index contributed by atoms with van der Waals surface area (Å²) in [6.45, 7) is 0.366. The van der Waals surface area contributed by atoms with E-state index in [4.69, 9.17) is 16.0 Å². The number of carbonyl (C=O) groups excluding carboxylic acids is 1. The second kappa shape index (κ2) is 6.25. The summed E-state index contributed by atoms with van der Waals surface area (Å²) in [5, 5.41) is 2.73. The van der Waals surface area contributed by atoms with Gasteiger partial charge in [0, 0.05) is 23.8 Å². The number of carbonyl (C=O) groups is 1. The fourth-order valence-corrected chi connectivity index (χ4v) is 4.01. The van der Waals surface area contributed by atoms with Gasteiger partial charge in [0.05, 0.1) is 11.5 Å². The van der Waals surface area contributed by atoms with Crippen molar-refractivity contribution in [2.24, 2.45) is 0 Å². The number of nitrogens with one attached hydrogen (secondary N) is 1. The van der Waals surface area contributed by atoms with Crippen molar-refractivity contribution in [2.45, 2.75) is 11.0 Å². The molecule has 2 amide bonds. The largest absolute Gasteiger partial charge is 0.468 e. The highest BCUT2D eigenvalue weighted by Gasteiger charge is 2.40. The fourth-order valence-electron chi connectivity index (χ4n) is 2.28. The van der Waals surface area contributed by atoms with E-state index in [0.29, 0.717) is 16.5 Å². The van der Waals surface area contributed by atoms with Gasteiger partial charge in [-0.25, -0.2) is 13.2 Å². The van der Waals surface area contributed by atoms with E-state index in [2.05, 4.69) is 5.32 Å². The Bertz CT molecular complexity index is 781. The first kappa shape index (κ1) is 15.9. The van der Waals surface area contributed by atoms with Gasteiger partial charge < -0.3 is 14.6 Å². The van der Waals surface area contributed by atoms with Crippen molar-refractivity contribution in [3.8, 4) is 0 Å². The average Bonchev–Trinajstić information content (AvgIpc) is 2.91. The lowest BCUT2D eigenvalue weighted by molar-refractivity contribution is 0.182. The third-order valence-electron chi connectivity index (χ3n) is 3.66. The summed E-state index contributed by atoms with van der Waals surface area (Å²) in [5.41, 5.74) is 0.612. The third kappa shape index (κ3) is 3.68. The Morgan fingerprint density at radius 3 is 2.57 bits per heavy atom. The lowest BCUT2D eigenvalue weighted by Crippen LogP contribution is -2.58. The molecule has 23 heavy (non-hydrogen) atoms. The van der Waals surface area contributed by atoms with Crippen LogP contribution in [-0.4, -0.2) is 37.7 Å². The van der Waals surface area contributed by atoms with E-state index in [9.17, 15) is 13.2 Å². The van der Waals surface area contributed by atoms with Crippen molar-refractivity contribution in [3.05, 3.63) is 53.4 Å². The molecule has 3 rings (SSSR count). The van der Waals surface area contributed by atoms with Gasteiger partial charge in [-0.05, 0) is 36.4 Å². The molecule has 0 radical (unpaired) electrons. The number of halogens is 1. The van der Waals surface area contributed by atoms with Crippen LogP contribution in [0.3, 0.4) is 0 Å². The highest BCUT2D eigenvalue weighted by atomic mass is 35.5. The van der Waals surface area contributed by atoms with Crippen molar-refractivity contribution >= 4 is 33.2 Å². The maximum atomic E-state index is 12.2. The smallest absolute Gasteiger partial charge is 0.321 e. The SMILES string of the molecule is O=C(Nc1ccc(Cl)cc1)N1CC(S(=O)(=O)Cc2ccco2)C1. The van der Waals surface area contributed by atoms with Gasteiger partial charge in [0.15, 0.2) is 9.84 Å². The molecule has 0 atom stereocenters. The summed E-state index contributed by atoms with van der Waals surface area (Å²) in [6, 6.07) is 9.67. The summed E-state index contributed by atoms with van der Waals surface area (Å²) >= 11 is 5.78. The zero-order valence-corrected chi connectivity index (χ0v) is 13.7. The monoisotopic (exact) mass is 354 g/mol. The Balaban J connectivity index is 1.53. The predicted molar refractivity (Wildman–Crippen MR) is 87.2 cm³/mol. The van der Waals surface area contributed by atoms with Gasteiger partial charge in [-0.2, -0.15) is 0 Å². The van der Waals surface area contributed by atoms with E-state index in [0.717, 1.165) is 0 Å². The molecule has 0 aliphatic carbocycles. The van der Waals surface area contributed by atoms with Crippen molar-refractivity contribution < 1.29 is 17.6 Å². The normalized spacial score (nSPS) is 15.3. The quantitative estimate of drug-likeness (QED) is 0.915. The summed E-state index contributed by atoms with van der Waals surface area (Å²) in [6.07, 6.45) is 1.44. The number of rotatable bonds is 4. The molecule has 122 valence electrons. The van der Waals surface area contributed by atoms with Gasteiger partial charge in [0.2, 0.25) is 0 Å². The molecule has 1 aliphatic heterocycles. The molecule has 0 bridgehead atoms. The highest BCUT2D eigenvalue weighted by Crippen LogP contribution is 2.22. The summed E-state index contributed by atoms with van der Waals surface area (Å²) in [4.78, 5) is 13.5. The van der Waals surface area contributed by atoms with Gasteiger partial charge in [0.1, 0.15) is 11.5 Å². The number of hydrogen-bond acceptors (Lipinski definition) is 4. The molecule has 1 N–H and O–H groups in total. The Kier molecular flexibility index (Phi) is 4.32. The maximum Gasteiger partial charge on any atom is 0.321 e. The predicted octanol–water partition coefficient (Wildman–Crippen LogP) is 2.76. The maximum absolute atomic E-state index is 12.2. The summed E-state index contributed by atoms with van der Waals surface area (Å²) in [5.74, 6) is 0.270. The number of likely N-dealkylation sites (tertiary alicyclic amines) is 1.